The van der Waals surface area contributed by atoms with Gasteiger partial charge in [-0.3, -0.25) is 14.6 Å². The van der Waals surface area contributed by atoms with E-state index in [1.54, 1.807) is 24.2 Å². The van der Waals surface area contributed by atoms with Crippen LogP contribution in [-0.4, -0.2) is 28.3 Å². The molecule has 0 spiro atoms. The van der Waals surface area contributed by atoms with Gasteiger partial charge in [-0.05, 0) is 28.5 Å². The van der Waals surface area contributed by atoms with Gasteiger partial charge in [-0.2, -0.15) is 0 Å². The van der Waals surface area contributed by atoms with Crippen molar-refractivity contribution in [2.45, 2.75) is 13.3 Å². The molecule has 4 nitrogen and oxygen atoms in total. The first kappa shape index (κ1) is 15.1. The molecule has 1 saturated heterocycles. The summed E-state index contributed by atoms with van der Waals surface area (Å²) in [5.74, 6) is 0.929. The fourth-order valence-electron chi connectivity index (χ4n) is 2.01. The first-order valence-electron chi connectivity index (χ1n) is 5.71. The molecule has 0 aromatic carbocycles. The summed E-state index contributed by atoms with van der Waals surface area (Å²) in [6, 6.07) is 0. The van der Waals surface area contributed by atoms with E-state index in [1.165, 1.54) is 11.8 Å². The van der Waals surface area contributed by atoms with Crippen LogP contribution in [0.5, 0.6) is 0 Å². The van der Waals surface area contributed by atoms with Crippen molar-refractivity contribution in [2.75, 3.05) is 17.2 Å². The van der Waals surface area contributed by atoms with Gasteiger partial charge in [0, 0.05) is 38.0 Å². The molecule has 2 heterocycles. The highest BCUT2D eigenvalue weighted by Gasteiger charge is 2.32. The Hall–Kier alpha value is -0.340. The molecule has 1 aliphatic rings. The van der Waals surface area contributed by atoms with Crippen molar-refractivity contribution < 1.29 is 9.59 Å². The summed E-state index contributed by atoms with van der Waals surface area (Å²) in [4.78, 5) is 28.8. The van der Waals surface area contributed by atoms with Crippen molar-refractivity contribution in [3.8, 4) is 0 Å². The second-order valence-corrected chi connectivity index (χ2v) is 7.10. The summed E-state index contributed by atoms with van der Waals surface area (Å²) in [6.45, 7) is 2.15. The Kier molecular flexibility index (Phi) is 5.08. The van der Waals surface area contributed by atoms with Gasteiger partial charge in [-0.15, -0.1) is 0 Å². The summed E-state index contributed by atoms with van der Waals surface area (Å²) < 4.78 is 0.860. The lowest BCUT2D eigenvalue weighted by atomic mass is 10.1. The van der Waals surface area contributed by atoms with Crippen LogP contribution in [0.3, 0.4) is 0 Å². The molecule has 0 N–H and O–H groups in total. The van der Waals surface area contributed by atoms with Crippen molar-refractivity contribution >= 4 is 62.7 Å². The summed E-state index contributed by atoms with van der Waals surface area (Å²) in [5.41, 5.74) is 0.734. The van der Waals surface area contributed by atoms with Gasteiger partial charge in [0.05, 0.1) is 14.3 Å². The molecule has 2 rings (SSSR count). The van der Waals surface area contributed by atoms with Crippen LogP contribution < -0.4 is 4.90 Å². The number of nitrogens with zero attached hydrogens (tertiary/aromatic N) is 2. The Morgan fingerprint density at radius 2 is 2.37 bits per heavy atom. The van der Waals surface area contributed by atoms with Crippen LogP contribution in [-0.2, 0) is 9.59 Å². The number of carbonyl (C=O) groups is 2. The zero-order valence-corrected chi connectivity index (χ0v) is 14.0. The van der Waals surface area contributed by atoms with E-state index in [4.69, 9.17) is 11.6 Å². The molecule has 1 aromatic rings. The highest BCUT2D eigenvalue weighted by Crippen LogP contribution is 2.35. The van der Waals surface area contributed by atoms with E-state index in [0.717, 1.165) is 9.26 Å². The largest absolute Gasteiger partial charge is 0.310 e. The zero-order chi connectivity index (χ0) is 14.0. The molecule has 0 saturated carbocycles. The van der Waals surface area contributed by atoms with Gasteiger partial charge in [0.2, 0.25) is 5.91 Å². The number of anilines is 1. The van der Waals surface area contributed by atoms with Gasteiger partial charge >= 0.3 is 0 Å². The molecule has 1 aliphatic heterocycles. The van der Waals surface area contributed by atoms with Crippen LogP contribution in [0.2, 0.25) is 5.02 Å². The molecular weight excluding hydrogens is 399 g/mol. The van der Waals surface area contributed by atoms with Crippen molar-refractivity contribution in [3.05, 3.63) is 21.0 Å². The minimum Gasteiger partial charge on any atom is -0.310 e. The molecule has 1 amide bonds. The van der Waals surface area contributed by atoms with Crippen LogP contribution in [0.25, 0.3) is 0 Å². The van der Waals surface area contributed by atoms with E-state index < -0.39 is 0 Å². The molecule has 1 aromatic heterocycles. The van der Waals surface area contributed by atoms with Crippen LogP contribution in [0.15, 0.2) is 12.4 Å². The van der Waals surface area contributed by atoms with Crippen molar-refractivity contribution in [1.29, 1.82) is 0 Å². The molecular formula is C12H12ClIN2O2S. The normalized spacial score (nSPS) is 19.0. The van der Waals surface area contributed by atoms with Gasteiger partial charge in [0.1, 0.15) is 0 Å². The monoisotopic (exact) mass is 410 g/mol. The van der Waals surface area contributed by atoms with Crippen LogP contribution in [0.1, 0.15) is 13.3 Å². The fourth-order valence-corrected chi connectivity index (χ4v) is 3.86. The molecule has 1 atom stereocenters. The molecule has 0 aliphatic carbocycles. The second-order valence-electron chi connectivity index (χ2n) is 4.33. The average Bonchev–Trinajstić information content (AvgIpc) is 2.68. The quantitative estimate of drug-likeness (QED) is 0.719. The topological polar surface area (TPSA) is 50.3 Å². The zero-order valence-electron chi connectivity index (χ0n) is 10.2. The number of hydrogen-bond donors (Lipinski definition) is 0. The average molecular weight is 411 g/mol. The van der Waals surface area contributed by atoms with E-state index in [0.29, 0.717) is 23.7 Å². The number of pyridine rings is 1. The van der Waals surface area contributed by atoms with Gasteiger partial charge in [0.25, 0.3) is 0 Å². The summed E-state index contributed by atoms with van der Waals surface area (Å²) >= 11 is 9.53. The van der Waals surface area contributed by atoms with E-state index in [2.05, 4.69) is 27.6 Å². The molecule has 1 fully saturated rings. The van der Waals surface area contributed by atoms with E-state index >= 15 is 0 Å². The third-order valence-electron chi connectivity index (χ3n) is 2.83. The van der Waals surface area contributed by atoms with Gasteiger partial charge in [-0.25, -0.2) is 0 Å². The predicted molar refractivity (Wildman–Crippen MR) is 85.6 cm³/mol. The SMILES string of the molecule is CC(=O)SCC1CC(=O)N(c2c(Cl)cncc2I)C1. The Morgan fingerprint density at radius 1 is 1.63 bits per heavy atom. The molecule has 19 heavy (non-hydrogen) atoms. The summed E-state index contributed by atoms with van der Waals surface area (Å²) in [5, 5.41) is 0.572. The summed E-state index contributed by atoms with van der Waals surface area (Å²) in [6.07, 6.45) is 3.70. The Labute approximate surface area is 134 Å². The van der Waals surface area contributed by atoms with E-state index in [9.17, 15) is 9.59 Å². The van der Waals surface area contributed by atoms with Gasteiger partial charge in [-0.1, -0.05) is 23.4 Å². The van der Waals surface area contributed by atoms with Crippen LogP contribution in [0, 0.1) is 9.49 Å². The third-order valence-corrected chi connectivity index (χ3v) is 4.94. The minimum atomic E-state index is 0.0557. The minimum absolute atomic E-state index is 0.0557. The molecule has 0 bridgehead atoms. The number of rotatable bonds is 3. The lowest BCUT2D eigenvalue weighted by Gasteiger charge is -2.19. The van der Waals surface area contributed by atoms with Crippen LogP contribution >= 0.6 is 46.0 Å². The standard InChI is InChI=1S/C12H12ClIN2O2S/c1-7(17)19-6-8-2-11(18)16(5-8)12-9(13)3-15-4-10(12)14/h3-4,8H,2,5-6H2,1H3. The second kappa shape index (κ2) is 6.41. The van der Waals surface area contributed by atoms with Crippen molar-refractivity contribution in [2.24, 2.45) is 5.92 Å². The smallest absolute Gasteiger partial charge is 0.227 e. The summed E-state index contributed by atoms with van der Waals surface area (Å²) in [7, 11) is 0. The van der Waals surface area contributed by atoms with Crippen molar-refractivity contribution in [1.82, 2.24) is 4.98 Å². The van der Waals surface area contributed by atoms with Crippen LogP contribution in [0.4, 0.5) is 5.69 Å². The first-order valence-corrected chi connectivity index (χ1v) is 8.16. The number of carbonyl (C=O) groups excluding carboxylic acids is 2. The highest BCUT2D eigenvalue weighted by molar-refractivity contribution is 14.1. The van der Waals surface area contributed by atoms with Crippen molar-refractivity contribution in [3.63, 3.8) is 0 Å². The lowest BCUT2D eigenvalue weighted by Crippen LogP contribution is -2.26. The maximum Gasteiger partial charge on any atom is 0.227 e. The van der Waals surface area contributed by atoms with Gasteiger partial charge in [0.15, 0.2) is 5.12 Å². The number of aromatic nitrogens is 1. The molecule has 0 radical (unpaired) electrons. The maximum atomic E-state index is 12.1. The predicted octanol–water partition coefficient (Wildman–Crippen LogP) is 2.97. The number of hydrogen-bond acceptors (Lipinski definition) is 4. The number of halogens is 2. The first-order chi connectivity index (χ1) is 8.99. The number of amides is 1. The third kappa shape index (κ3) is 3.61. The Bertz CT molecular complexity index is 506. The fraction of sp³-hybridized carbons (Fsp3) is 0.417. The van der Waals surface area contributed by atoms with Gasteiger partial charge < -0.3 is 4.90 Å². The maximum absolute atomic E-state index is 12.1. The molecule has 1 unspecified atom stereocenters. The molecule has 7 heteroatoms. The van der Waals surface area contributed by atoms with E-state index in [1.807, 2.05) is 0 Å². The lowest BCUT2D eigenvalue weighted by molar-refractivity contribution is -0.117. The van der Waals surface area contributed by atoms with E-state index in [-0.39, 0.29) is 16.9 Å². The molecule has 102 valence electrons. The highest BCUT2D eigenvalue weighted by atomic mass is 127. The Balaban J connectivity index is 2.14. The number of thioether (sulfide) groups is 1. The Morgan fingerprint density at radius 3 is 3.00 bits per heavy atom.